The summed E-state index contributed by atoms with van der Waals surface area (Å²) in [5.74, 6) is 0.196. The van der Waals surface area contributed by atoms with Gasteiger partial charge in [0.25, 0.3) is 0 Å². The van der Waals surface area contributed by atoms with Crippen molar-refractivity contribution in [2.75, 3.05) is 14.2 Å². The number of carbonyl (C=O) groups excluding carboxylic acids is 1. The number of hydrogen-bond acceptors (Lipinski definition) is 4. The Morgan fingerprint density at radius 1 is 1.50 bits per heavy atom. The van der Waals surface area contributed by atoms with Crippen LogP contribution in [0.2, 0.25) is 0 Å². The third kappa shape index (κ3) is 2.67. The normalized spacial score (nSPS) is 27.5. The van der Waals surface area contributed by atoms with Crippen molar-refractivity contribution in [1.29, 1.82) is 0 Å². The van der Waals surface area contributed by atoms with E-state index in [1.807, 2.05) is 13.8 Å². The van der Waals surface area contributed by atoms with E-state index < -0.39 is 0 Å². The predicted octanol–water partition coefficient (Wildman–Crippen LogP) is -0.325. The molecule has 82 valence electrons. The van der Waals surface area contributed by atoms with Crippen LogP contribution in [0.1, 0.15) is 13.8 Å². The van der Waals surface area contributed by atoms with Crippen molar-refractivity contribution in [3.05, 3.63) is 0 Å². The van der Waals surface area contributed by atoms with E-state index in [1.165, 1.54) is 0 Å². The van der Waals surface area contributed by atoms with Gasteiger partial charge in [-0.15, -0.1) is 0 Å². The lowest BCUT2D eigenvalue weighted by atomic mass is 10.0. The highest BCUT2D eigenvalue weighted by molar-refractivity contribution is 5.81. The first-order valence-corrected chi connectivity index (χ1v) is 4.76. The van der Waals surface area contributed by atoms with Gasteiger partial charge in [0, 0.05) is 14.2 Å². The summed E-state index contributed by atoms with van der Waals surface area (Å²) in [6, 6.07) is -0.231. The smallest absolute Gasteiger partial charge is 0.237 e. The second-order valence-electron chi connectivity index (χ2n) is 3.66. The van der Waals surface area contributed by atoms with Crippen LogP contribution in [0, 0.1) is 5.92 Å². The first-order chi connectivity index (χ1) is 6.60. The fraction of sp³-hybridized carbons (Fsp3) is 0.889. The molecule has 1 fully saturated rings. The Morgan fingerprint density at radius 3 is 2.50 bits per heavy atom. The molecule has 0 radical (unpaired) electrons. The number of methoxy groups -OCH3 is 1. The fourth-order valence-corrected chi connectivity index (χ4v) is 1.30. The van der Waals surface area contributed by atoms with E-state index in [2.05, 4.69) is 10.6 Å². The van der Waals surface area contributed by atoms with Gasteiger partial charge in [-0.05, 0) is 5.92 Å². The standard InChI is InChI=1S/C9H18N2O3/c1-5(2)6(7(12)10-3)11-8-9(13-4)14-8/h5-6,8-9,11H,1-4H3,(H,10,12). The Hall–Kier alpha value is -0.650. The zero-order chi connectivity index (χ0) is 10.7. The van der Waals surface area contributed by atoms with Crippen LogP contribution in [0.25, 0.3) is 0 Å². The van der Waals surface area contributed by atoms with E-state index >= 15 is 0 Å². The topological polar surface area (TPSA) is 62.9 Å². The van der Waals surface area contributed by atoms with Crippen LogP contribution in [0.5, 0.6) is 0 Å². The molecule has 5 heteroatoms. The molecule has 14 heavy (non-hydrogen) atoms. The van der Waals surface area contributed by atoms with Crippen LogP contribution in [-0.4, -0.2) is 38.6 Å². The van der Waals surface area contributed by atoms with Gasteiger partial charge in [0.1, 0.15) is 0 Å². The largest absolute Gasteiger partial charge is 0.358 e. The van der Waals surface area contributed by atoms with Crippen molar-refractivity contribution < 1.29 is 14.3 Å². The second kappa shape index (κ2) is 4.72. The van der Waals surface area contributed by atoms with E-state index in [0.29, 0.717) is 0 Å². The van der Waals surface area contributed by atoms with E-state index in [-0.39, 0.29) is 30.4 Å². The Balaban J connectivity index is 2.41. The monoisotopic (exact) mass is 202 g/mol. The molecule has 1 rings (SSSR count). The minimum atomic E-state index is -0.231. The number of rotatable bonds is 5. The lowest BCUT2D eigenvalue weighted by Gasteiger charge is -2.19. The molecule has 1 amide bonds. The quantitative estimate of drug-likeness (QED) is 0.599. The summed E-state index contributed by atoms with van der Waals surface area (Å²) >= 11 is 0. The lowest BCUT2D eigenvalue weighted by Crippen LogP contribution is -2.48. The minimum Gasteiger partial charge on any atom is -0.358 e. The molecule has 1 saturated heterocycles. The summed E-state index contributed by atoms with van der Waals surface area (Å²) in [6.07, 6.45) is -0.356. The first-order valence-electron chi connectivity index (χ1n) is 4.76. The molecule has 1 aliphatic rings. The highest BCUT2D eigenvalue weighted by Crippen LogP contribution is 2.21. The second-order valence-corrected chi connectivity index (χ2v) is 3.66. The Kier molecular flexibility index (Phi) is 3.86. The number of carbonyl (C=O) groups is 1. The summed E-state index contributed by atoms with van der Waals surface area (Å²) < 4.78 is 10.1. The van der Waals surface area contributed by atoms with Gasteiger partial charge >= 0.3 is 0 Å². The molecule has 1 heterocycles. The van der Waals surface area contributed by atoms with Gasteiger partial charge in [-0.3, -0.25) is 10.1 Å². The van der Waals surface area contributed by atoms with Crippen molar-refractivity contribution in [3.8, 4) is 0 Å². The Morgan fingerprint density at radius 2 is 2.14 bits per heavy atom. The average Bonchev–Trinajstić information content (AvgIpc) is 2.91. The van der Waals surface area contributed by atoms with Crippen molar-refractivity contribution in [1.82, 2.24) is 10.6 Å². The number of hydrogen-bond donors (Lipinski definition) is 2. The SMILES string of the molecule is CNC(=O)C(NC1OC1OC)C(C)C. The van der Waals surface area contributed by atoms with Crippen molar-refractivity contribution >= 4 is 5.91 Å². The van der Waals surface area contributed by atoms with Crippen LogP contribution in [0.15, 0.2) is 0 Å². The van der Waals surface area contributed by atoms with E-state index in [1.54, 1.807) is 14.2 Å². The molecule has 0 saturated carbocycles. The van der Waals surface area contributed by atoms with Gasteiger partial charge in [-0.25, -0.2) is 0 Å². The summed E-state index contributed by atoms with van der Waals surface area (Å²) in [5.41, 5.74) is 0. The predicted molar refractivity (Wildman–Crippen MR) is 51.5 cm³/mol. The maximum Gasteiger partial charge on any atom is 0.237 e. The number of amides is 1. The summed E-state index contributed by atoms with van der Waals surface area (Å²) in [6.45, 7) is 3.97. The summed E-state index contributed by atoms with van der Waals surface area (Å²) in [5, 5.41) is 5.70. The maximum atomic E-state index is 11.4. The van der Waals surface area contributed by atoms with Gasteiger partial charge in [-0.1, -0.05) is 13.8 Å². The summed E-state index contributed by atoms with van der Waals surface area (Å²) in [4.78, 5) is 11.4. The Labute approximate surface area is 84.1 Å². The molecule has 0 aromatic carbocycles. The number of likely N-dealkylation sites (N-methyl/N-ethyl adjacent to an activating group) is 1. The highest BCUT2D eigenvalue weighted by Gasteiger charge is 2.42. The van der Waals surface area contributed by atoms with Gasteiger partial charge in [-0.2, -0.15) is 0 Å². The highest BCUT2D eigenvalue weighted by atomic mass is 16.8. The first kappa shape index (κ1) is 11.4. The minimum absolute atomic E-state index is 0.0228. The zero-order valence-electron chi connectivity index (χ0n) is 9.03. The van der Waals surface area contributed by atoms with Crippen LogP contribution in [-0.2, 0) is 14.3 Å². The van der Waals surface area contributed by atoms with Crippen LogP contribution in [0.4, 0.5) is 0 Å². The molecule has 2 N–H and O–H groups in total. The molecule has 0 spiro atoms. The van der Waals surface area contributed by atoms with Gasteiger partial charge < -0.3 is 14.8 Å². The van der Waals surface area contributed by atoms with Gasteiger partial charge in [0.15, 0.2) is 12.5 Å². The molecule has 3 unspecified atom stereocenters. The Bertz CT molecular complexity index is 208. The van der Waals surface area contributed by atoms with Crippen LogP contribution < -0.4 is 10.6 Å². The molecule has 0 aliphatic carbocycles. The van der Waals surface area contributed by atoms with Gasteiger partial charge in [0.2, 0.25) is 5.91 Å². The van der Waals surface area contributed by atoms with Crippen molar-refractivity contribution in [2.24, 2.45) is 5.92 Å². The molecule has 3 atom stereocenters. The lowest BCUT2D eigenvalue weighted by molar-refractivity contribution is -0.123. The maximum absolute atomic E-state index is 11.4. The molecular formula is C9H18N2O3. The molecule has 0 aromatic heterocycles. The zero-order valence-corrected chi connectivity index (χ0v) is 9.03. The van der Waals surface area contributed by atoms with Crippen LogP contribution >= 0.6 is 0 Å². The number of epoxide rings is 1. The molecule has 0 aromatic rings. The summed E-state index contributed by atoms with van der Waals surface area (Å²) in [7, 11) is 3.21. The number of nitrogens with one attached hydrogen (secondary N) is 2. The third-order valence-electron chi connectivity index (χ3n) is 2.22. The average molecular weight is 202 g/mol. The molecule has 0 bridgehead atoms. The molecule has 5 nitrogen and oxygen atoms in total. The fourth-order valence-electron chi connectivity index (χ4n) is 1.30. The van der Waals surface area contributed by atoms with Crippen molar-refractivity contribution in [3.63, 3.8) is 0 Å². The van der Waals surface area contributed by atoms with E-state index in [0.717, 1.165) is 0 Å². The number of ether oxygens (including phenoxy) is 2. The van der Waals surface area contributed by atoms with Gasteiger partial charge in [0.05, 0.1) is 6.04 Å². The van der Waals surface area contributed by atoms with E-state index in [4.69, 9.17) is 9.47 Å². The van der Waals surface area contributed by atoms with E-state index in [9.17, 15) is 4.79 Å². The molecular weight excluding hydrogens is 184 g/mol. The molecule has 1 aliphatic heterocycles. The van der Waals surface area contributed by atoms with Crippen LogP contribution in [0.3, 0.4) is 0 Å². The third-order valence-corrected chi connectivity index (χ3v) is 2.22. The van der Waals surface area contributed by atoms with Crippen molar-refractivity contribution in [2.45, 2.75) is 32.4 Å².